The van der Waals surface area contributed by atoms with Crippen LogP contribution in [0, 0.1) is 17.5 Å². The maximum Gasteiger partial charge on any atom is 0.196 e. The van der Waals surface area contributed by atoms with Crippen molar-refractivity contribution in [3.05, 3.63) is 23.5 Å². The number of hydrogen-bond donors (Lipinski definition) is 2. The van der Waals surface area contributed by atoms with E-state index in [1.165, 1.54) is 14.1 Å². The average Bonchev–Trinajstić information content (AvgIpc) is 2.13. The molecule has 0 fully saturated rings. The summed E-state index contributed by atoms with van der Waals surface area (Å²) in [6.45, 7) is 0. The standard InChI is InChI=1S/C8H9F3N2/c1-12-5-3-4(9)6(10)7(11)8(5)13-2/h3,12-13H,1-2H3. The first-order chi connectivity index (χ1) is 6.11. The van der Waals surface area contributed by atoms with Gasteiger partial charge in [0.15, 0.2) is 17.5 Å². The summed E-state index contributed by atoms with van der Waals surface area (Å²) in [5.74, 6) is -3.89. The highest BCUT2D eigenvalue weighted by atomic mass is 19.2. The average molecular weight is 190 g/mol. The third-order valence-corrected chi connectivity index (χ3v) is 1.68. The van der Waals surface area contributed by atoms with E-state index in [-0.39, 0.29) is 11.4 Å². The largest absolute Gasteiger partial charge is 0.386 e. The smallest absolute Gasteiger partial charge is 0.196 e. The van der Waals surface area contributed by atoms with Crippen molar-refractivity contribution < 1.29 is 13.2 Å². The highest BCUT2D eigenvalue weighted by Gasteiger charge is 2.16. The molecule has 0 saturated heterocycles. The van der Waals surface area contributed by atoms with E-state index in [0.29, 0.717) is 0 Å². The van der Waals surface area contributed by atoms with Crippen molar-refractivity contribution in [2.75, 3.05) is 24.7 Å². The monoisotopic (exact) mass is 190 g/mol. The van der Waals surface area contributed by atoms with E-state index in [1.54, 1.807) is 0 Å². The molecular formula is C8H9F3N2. The Morgan fingerprint density at radius 3 is 2.08 bits per heavy atom. The van der Waals surface area contributed by atoms with Crippen LogP contribution in [0.25, 0.3) is 0 Å². The van der Waals surface area contributed by atoms with Crippen molar-refractivity contribution in [1.29, 1.82) is 0 Å². The number of anilines is 2. The Morgan fingerprint density at radius 2 is 1.62 bits per heavy atom. The van der Waals surface area contributed by atoms with Gasteiger partial charge in [-0.1, -0.05) is 0 Å². The van der Waals surface area contributed by atoms with Crippen molar-refractivity contribution in [3.63, 3.8) is 0 Å². The normalized spacial score (nSPS) is 9.92. The summed E-state index contributed by atoms with van der Waals surface area (Å²) in [6.07, 6.45) is 0. The highest BCUT2D eigenvalue weighted by Crippen LogP contribution is 2.28. The minimum atomic E-state index is -1.47. The zero-order chi connectivity index (χ0) is 10.0. The van der Waals surface area contributed by atoms with Crippen LogP contribution in [-0.4, -0.2) is 14.1 Å². The fourth-order valence-corrected chi connectivity index (χ4v) is 1.04. The minimum Gasteiger partial charge on any atom is -0.386 e. The summed E-state index contributed by atoms with van der Waals surface area (Å²) in [5.41, 5.74) is 0.0975. The molecular weight excluding hydrogens is 181 g/mol. The van der Waals surface area contributed by atoms with E-state index in [0.717, 1.165) is 6.07 Å². The number of rotatable bonds is 2. The van der Waals surface area contributed by atoms with Crippen LogP contribution in [0.5, 0.6) is 0 Å². The van der Waals surface area contributed by atoms with E-state index in [1.807, 2.05) is 0 Å². The van der Waals surface area contributed by atoms with Crippen LogP contribution in [0.2, 0.25) is 0 Å². The maximum absolute atomic E-state index is 13.0. The SMILES string of the molecule is CNc1cc(F)c(F)c(F)c1NC. The Morgan fingerprint density at radius 1 is 1.00 bits per heavy atom. The molecule has 1 rings (SSSR count). The Kier molecular flexibility index (Phi) is 2.65. The molecule has 0 heterocycles. The molecule has 0 bridgehead atoms. The van der Waals surface area contributed by atoms with Gasteiger partial charge in [-0.3, -0.25) is 0 Å². The van der Waals surface area contributed by atoms with Crippen molar-refractivity contribution in [2.45, 2.75) is 0 Å². The lowest BCUT2D eigenvalue weighted by atomic mass is 10.2. The van der Waals surface area contributed by atoms with E-state index in [9.17, 15) is 13.2 Å². The van der Waals surface area contributed by atoms with Crippen LogP contribution < -0.4 is 10.6 Å². The van der Waals surface area contributed by atoms with Crippen molar-refractivity contribution in [1.82, 2.24) is 0 Å². The molecule has 72 valence electrons. The van der Waals surface area contributed by atoms with Gasteiger partial charge in [-0.2, -0.15) is 0 Å². The third-order valence-electron chi connectivity index (χ3n) is 1.68. The molecule has 0 radical (unpaired) electrons. The molecule has 2 nitrogen and oxygen atoms in total. The van der Waals surface area contributed by atoms with E-state index < -0.39 is 17.5 Å². The molecule has 0 saturated carbocycles. The van der Waals surface area contributed by atoms with Crippen LogP contribution >= 0.6 is 0 Å². The minimum absolute atomic E-state index is 0.0820. The van der Waals surface area contributed by atoms with Gasteiger partial charge in [0, 0.05) is 20.2 Å². The molecule has 5 heteroatoms. The molecule has 0 amide bonds. The van der Waals surface area contributed by atoms with Gasteiger partial charge in [0.2, 0.25) is 0 Å². The van der Waals surface area contributed by atoms with Gasteiger partial charge in [0.25, 0.3) is 0 Å². The molecule has 0 aliphatic carbocycles. The van der Waals surface area contributed by atoms with Gasteiger partial charge in [-0.15, -0.1) is 0 Å². The molecule has 1 aromatic carbocycles. The number of halogens is 3. The summed E-state index contributed by atoms with van der Waals surface area (Å²) in [4.78, 5) is 0. The molecule has 13 heavy (non-hydrogen) atoms. The van der Waals surface area contributed by atoms with Crippen LogP contribution in [0.3, 0.4) is 0 Å². The van der Waals surface area contributed by atoms with Gasteiger partial charge >= 0.3 is 0 Å². The number of benzene rings is 1. The maximum atomic E-state index is 13.0. The first-order valence-corrected chi connectivity index (χ1v) is 3.64. The molecule has 2 N–H and O–H groups in total. The van der Waals surface area contributed by atoms with Gasteiger partial charge in [0.1, 0.15) is 0 Å². The van der Waals surface area contributed by atoms with Crippen molar-refractivity contribution >= 4 is 11.4 Å². The fourth-order valence-electron chi connectivity index (χ4n) is 1.04. The number of nitrogens with one attached hydrogen (secondary N) is 2. The molecule has 0 spiro atoms. The predicted octanol–water partition coefficient (Wildman–Crippen LogP) is 2.19. The first-order valence-electron chi connectivity index (χ1n) is 3.64. The van der Waals surface area contributed by atoms with Crippen LogP contribution in [-0.2, 0) is 0 Å². The second kappa shape index (κ2) is 3.55. The van der Waals surface area contributed by atoms with Crippen LogP contribution in [0.1, 0.15) is 0 Å². The van der Waals surface area contributed by atoms with Gasteiger partial charge in [0.05, 0.1) is 11.4 Å². The fraction of sp³-hybridized carbons (Fsp3) is 0.250. The lowest BCUT2D eigenvalue weighted by Gasteiger charge is -2.10. The molecule has 1 aromatic rings. The lowest BCUT2D eigenvalue weighted by Crippen LogP contribution is -2.03. The van der Waals surface area contributed by atoms with Crippen molar-refractivity contribution in [2.24, 2.45) is 0 Å². The second-order valence-corrected chi connectivity index (χ2v) is 2.41. The predicted molar refractivity (Wildman–Crippen MR) is 45.4 cm³/mol. The summed E-state index contributed by atoms with van der Waals surface area (Å²) >= 11 is 0. The Bertz CT molecular complexity index is 326. The third kappa shape index (κ3) is 1.54. The topological polar surface area (TPSA) is 24.1 Å². The molecule has 0 unspecified atom stereocenters. The van der Waals surface area contributed by atoms with Crippen LogP contribution in [0.15, 0.2) is 6.07 Å². The molecule has 0 aliphatic rings. The quantitative estimate of drug-likeness (QED) is 0.698. The Hall–Kier alpha value is -1.39. The molecule has 0 aromatic heterocycles. The summed E-state index contributed by atoms with van der Waals surface area (Å²) in [7, 11) is 2.92. The van der Waals surface area contributed by atoms with Crippen molar-refractivity contribution in [3.8, 4) is 0 Å². The zero-order valence-corrected chi connectivity index (χ0v) is 7.21. The van der Waals surface area contributed by atoms with E-state index >= 15 is 0 Å². The van der Waals surface area contributed by atoms with E-state index in [2.05, 4.69) is 10.6 Å². The molecule has 0 aliphatic heterocycles. The molecule has 0 atom stereocenters. The Balaban J connectivity index is 3.39. The highest BCUT2D eigenvalue weighted by molar-refractivity contribution is 5.69. The summed E-state index contributed by atoms with van der Waals surface area (Å²) in [5, 5.41) is 4.98. The lowest BCUT2D eigenvalue weighted by molar-refractivity contribution is 0.450. The van der Waals surface area contributed by atoms with Gasteiger partial charge < -0.3 is 10.6 Å². The summed E-state index contributed by atoms with van der Waals surface area (Å²) < 4.78 is 38.3. The summed E-state index contributed by atoms with van der Waals surface area (Å²) in [6, 6.07) is 0.893. The number of hydrogen-bond acceptors (Lipinski definition) is 2. The van der Waals surface area contributed by atoms with E-state index in [4.69, 9.17) is 0 Å². The zero-order valence-electron chi connectivity index (χ0n) is 7.21. The van der Waals surface area contributed by atoms with Crippen LogP contribution in [0.4, 0.5) is 24.5 Å². The van der Waals surface area contributed by atoms with Gasteiger partial charge in [-0.05, 0) is 0 Å². The second-order valence-electron chi connectivity index (χ2n) is 2.41. The van der Waals surface area contributed by atoms with Gasteiger partial charge in [-0.25, -0.2) is 13.2 Å². The first kappa shape index (κ1) is 9.70. The Labute approximate surface area is 73.8 Å².